The molecule has 0 N–H and O–H groups in total. The highest BCUT2D eigenvalue weighted by Gasteiger charge is 2.25. The molecule has 1 saturated heterocycles. The Morgan fingerprint density at radius 1 is 1.20 bits per heavy atom. The topological polar surface area (TPSA) is 40.6 Å². The Labute approximate surface area is 122 Å². The molecule has 1 aliphatic rings. The smallest absolute Gasteiger partial charge is 0.257 e. The number of carbonyl (C=O) groups is 2. The minimum atomic E-state index is -0.577. The number of amides is 2. The van der Waals surface area contributed by atoms with Gasteiger partial charge < -0.3 is 9.80 Å². The van der Waals surface area contributed by atoms with E-state index in [1.165, 1.54) is 18.2 Å². The third kappa shape index (κ3) is 3.10. The van der Waals surface area contributed by atoms with Crippen molar-refractivity contribution in [2.45, 2.75) is 13.3 Å². The summed E-state index contributed by atoms with van der Waals surface area (Å²) < 4.78 is 13.7. The number of piperazine rings is 1. The first-order valence-electron chi connectivity index (χ1n) is 6.55. The zero-order valence-electron chi connectivity index (χ0n) is 11.2. The van der Waals surface area contributed by atoms with E-state index in [1.807, 2.05) is 0 Å². The Hall–Kier alpha value is -1.62. The molecule has 1 aliphatic heterocycles. The van der Waals surface area contributed by atoms with Gasteiger partial charge in [0.2, 0.25) is 5.91 Å². The molecule has 0 saturated carbocycles. The monoisotopic (exact) mass is 298 g/mol. The van der Waals surface area contributed by atoms with E-state index < -0.39 is 5.82 Å². The summed E-state index contributed by atoms with van der Waals surface area (Å²) in [5, 5.41) is 0.328. The minimum absolute atomic E-state index is 0.0206. The summed E-state index contributed by atoms with van der Waals surface area (Å²) in [6.07, 6.45) is 0.455. The van der Waals surface area contributed by atoms with Gasteiger partial charge in [0.15, 0.2) is 0 Å². The highest BCUT2D eigenvalue weighted by atomic mass is 35.5. The van der Waals surface area contributed by atoms with Crippen LogP contribution in [0.4, 0.5) is 4.39 Å². The summed E-state index contributed by atoms with van der Waals surface area (Å²) >= 11 is 5.79. The normalized spacial score (nSPS) is 15.3. The van der Waals surface area contributed by atoms with Gasteiger partial charge in [0.05, 0.1) is 5.56 Å². The average molecular weight is 299 g/mol. The molecule has 0 atom stereocenters. The summed E-state index contributed by atoms with van der Waals surface area (Å²) in [6, 6.07) is 3.93. The molecule has 108 valence electrons. The van der Waals surface area contributed by atoms with Crippen molar-refractivity contribution in [3.63, 3.8) is 0 Å². The van der Waals surface area contributed by atoms with Crippen LogP contribution < -0.4 is 0 Å². The second-order valence-corrected chi connectivity index (χ2v) is 5.09. The first kappa shape index (κ1) is 14.8. The van der Waals surface area contributed by atoms with E-state index in [9.17, 15) is 14.0 Å². The molecule has 0 bridgehead atoms. The van der Waals surface area contributed by atoms with Gasteiger partial charge >= 0.3 is 0 Å². The number of hydrogen-bond acceptors (Lipinski definition) is 2. The second kappa shape index (κ2) is 6.22. The van der Waals surface area contributed by atoms with E-state index in [4.69, 9.17) is 11.6 Å². The van der Waals surface area contributed by atoms with Crippen LogP contribution in [0.3, 0.4) is 0 Å². The molecule has 0 radical (unpaired) electrons. The number of benzene rings is 1. The summed E-state index contributed by atoms with van der Waals surface area (Å²) in [5.74, 6) is -0.883. The molecule has 0 spiro atoms. The molecule has 20 heavy (non-hydrogen) atoms. The van der Waals surface area contributed by atoms with Crippen molar-refractivity contribution in [2.24, 2.45) is 0 Å². The first-order valence-corrected chi connectivity index (χ1v) is 6.92. The molecule has 2 rings (SSSR count). The highest BCUT2D eigenvalue weighted by molar-refractivity contribution is 6.31. The predicted octanol–water partition coefficient (Wildman–Crippen LogP) is 2.17. The molecular formula is C14H16ClFN2O2. The fourth-order valence-electron chi connectivity index (χ4n) is 2.21. The number of halogens is 2. The van der Waals surface area contributed by atoms with Gasteiger partial charge in [-0.15, -0.1) is 0 Å². The molecule has 0 unspecified atom stereocenters. The summed E-state index contributed by atoms with van der Waals surface area (Å²) in [7, 11) is 0. The predicted molar refractivity (Wildman–Crippen MR) is 74.2 cm³/mol. The number of rotatable bonds is 2. The molecule has 1 heterocycles. The fourth-order valence-corrected chi connectivity index (χ4v) is 2.39. The second-order valence-electron chi connectivity index (χ2n) is 4.65. The largest absolute Gasteiger partial charge is 0.339 e. The van der Waals surface area contributed by atoms with E-state index >= 15 is 0 Å². The maximum Gasteiger partial charge on any atom is 0.257 e. The number of hydrogen-bond donors (Lipinski definition) is 0. The van der Waals surface area contributed by atoms with E-state index in [0.717, 1.165) is 0 Å². The lowest BCUT2D eigenvalue weighted by Crippen LogP contribution is -2.50. The zero-order chi connectivity index (χ0) is 14.7. The van der Waals surface area contributed by atoms with Crippen molar-refractivity contribution in [2.75, 3.05) is 26.2 Å². The van der Waals surface area contributed by atoms with Crippen molar-refractivity contribution < 1.29 is 14.0 Å². The van der Waals surface area contributed by atoms with E-state index in [0.29, 0.717) is 37.6 Å². The molecule has 1 aromatic rings. The molecule has 1 aromatic carbocycles. The van der Waals surface area contributed by atoms with Gasteiger partial charge in [-0.3, -0.25) is 9.59 Å². The SMILES string of the molecule is CCC(=O)N1CCN(C(=O)c2cc(Cl)ccc2F)CC1. The third-order valence-corrected chi connectivity index (χ3v) is 3.62. The van der Waals surface area contributed by atoms with Crippen LogP contribution in [0.25, 0.3) is 0 Å². The lowest BCUT2D eigenvalue weighted by Gasteiger charge is -2.34. The maximum atomic E-state index is 13.7. The average Bonchev–Trinajstić information content (AvgIpc) is 2.48. The summed E-state index contributed by atoms with van der Waals surface area (Å²) in [6.45, 7) is 3.61. The van der Waals surface area contributed by atoms with Crippen LogP contribution in [-0.2, 0) is 4.79 Å². The van der Waals surface area contributed by atoms with Gasteiger partial charge in [0, 0.05) is 37.6 Å². The van der Waals surface area contributed by atoms with Crippen LogP contribution >= 0.6 is 11.6 Å². The number of carbonyl (C=O) groups excluding carboxylic acids is 2. The molecule has 4 nitrogen and oxygen atoms in total. The van der Waals surface area contributed by atoms with Crippen molar-refractivity contribution in [3.05, 3.63) is 34.6 Å². The van der Waals surface area contributed by atoms with Crippen molar-refractivity contribution >= 4 is 23.4 Å². The van der Waals surface area contributed by atoms with Gasteiger partial charge in [0.1, 0.15) is 5.82 Å². The molecule has 1 fully saturated rings. The van der Waals surface area contributed by atoms with Crippen LogP contribution in [0.2, 0.25) is 5.02 Å². The van der Waals surface area contributed by atoms with Crippen molar-refractivity contribution in [1.82, 2.24) is 9.80 Å². The number of nitrogens with zero attached hydrogens (tertiary/aromatic N) is 2. The molecule has 0 aromatic heterocycles. The quantitative estimate of drug-likeness (QED) is 0.839. The Morgan fingerprint density at radius 2 is 1.80 bits per heavy atom. The minimum Gasteiger partial charge on any atom is -0.339 e. The van der Waals surface area contributed by atoms with Gasteiger partial charge in [-0.1, -0.05) is 18.5 Å². The van der Waals surface area contributed by atoms with Crippen LogP contribution in [0, 0.1) is 5.82 Å². The van der Waals surface area contributed by atoms with Crippen molar-refractivity contribution in [1.29, 1.82) is 0 Å². The Morgan fingerprint density at radius 3 is 2.40 bits per heavy atom. The third-order valence-electron chi connectivity index (χ3n) is 3.38. The van der Waals surface area contributed by atoms with E-state index in [1.54, 1.807) is 16.7 Å². The van der Waals surface area contributed by atoms with Crippen LogP contribution in [0.1, 0.15) is 23.7 Å². The zero-order valence-corrected chi connectivity index (χ0v) is 12.0. The van der Waals surface area contributed by atoms with Gasteiger partial charge in [-0.25, -0.2) is 4.39 Å². The maximum absolute atomic E-state index is 13.7. The van der Waals surface area contributed by atoms with Gasteiger partial charge in [-0.05, 0) is 18.2 Å². The van der Waals surface area contributed by atoms with Crippen LogP contribution in [0.5, 0.6) is 0 Å². The lowest BCUT2D eigenvalue weighted by atomic mass is 10.1. The Kier molecular flexibility index (Phi) is 4.60. The standard InChI is InChI=1S/C14H16ClFN2O2/c1-2-13(19)17-5-7-18(8-6-17)14(20)11-9-10(15)3-4-12(11)16/h3-4,9H,2,5-8H2,1H3. The molecule has 0 aliphatic carbocycles. The Bertz CT molecular complexity index is 528. The molecular weight excluding hydrogens is 283 g/mol. The fraction of sp³-hybridized carbons (Fsp3) is 0.429. The molecule has 2 amide bonds. The summed E-state index contributed by atoms with van der Waals surface area (Å²) in [4.78, 5) is 27.1. The van der Waals surface area contributed by atoms with Gasteiger partial charge in [0.25, 0.3) is 5.91 Å². The van der Waals surface area contributed by atoms with Crippen LogP contribution in [-0.4, -0.2) is 47.8 Å². The molecule has 6 heteroatoms. The highest BCUT2D eigenvalue weighted by Crippen LogP contribution is 2.17. The van der Waals surface area contributed by atoms with E-state index in [2.05, 4.69) is 0 Å². The van der Waals surface area contributed by atoms with Crippen LogP contribution in [0.15, 0.2) is 18.2 Å². The van der Waals surface area contributed by atoms with Gasteiger partial charge in [-0.2, -0.15) is 0 Å². The lowest BCUT2D eigenvalue weighted by molar-refractivity contribution is -0.132. The van der Waals surface area contributed by atoms with Crippen molar-refractivity contribution in [3.8, 4) is 0 Å². The summed E-state index contributed by atoms with van der Waals surface area (Å²) in [5.41, 5.74) is -0.0206. The first-order chi connectivity index (χ1) is 9.52. The Balaban J connectivity index is 2.05. The van der Waals surface area contributed by atoms with E-state index in [-0.39, 0.29) is 17.4 Å².